The zero-order chi connectivity index (χ0) is 13.4. The molecule has 0 aliphatic rings. The summed E-state index contributed by atoms with van der Waals surface area (Å²) in [6, 6.07) is -0.818. The van der Waals surface area contributed by atoms with Crippen LogP contribution in [-0.4, -0.2) is 46.2 Å². The third-order valence-corrected chi connectivity index (χ3v) is 2.49. The Morgan fingerprint density at radius 1 is 1.06 bits per heavy atom. The van der Waals surface area contributed by atoms with Gasteiger partial charge in [0.15, 0.2) is 0 Å². The summed E-state index contributed by atoms with van der Waals surface area (Å²) < 4.78 is 0. The van der Waals surface area contributed by atoms with Gasteiger partial charge in [-0.25, -0.2) is 9.59 Å². The molecular weight excluding hydrogens is 228 g/mol. The monoisotopic (exact) mass is 248 g/mol. The van der Waals surface area contributed by atoms with Crippen LogP contribution in [0.2, 0.25) is 0 Å². The van der Waals surface area contributed by atoms with Crippen LogP contribution in [0.15, 0.2) is 0 Å². The van der Waals surface area contributed by atoms with Gasteiger partial charge in [0, 0.05) is 6.04 Å². The van der Waals surface area contributed by atoms with E-state index in [0.717, 1.165) is 0 Å². The second-order valence-corrected chi connectivity index (χ2v) is 4.21. The van der Waals surface area contributed by atoms with Crippen molar-refractivity contribution in [3.63, 3.8) is 0 Å². The lowest BCUT2D eigenvalue weighted by molar-refractivity contribution is 0.169. The molecule has 100 valence electrons. The van der Waals surface area contributed by atoms with Gasteiger partial charge in [-0.2, -0.15) is 0 Å². The molecule has 1 unspecified atom stereocenters. The molecular formula is C10H20N2O5. The molecule has 0 heterocycles. The van der Waals surface area contributed by atoms with E-state index in [0.29, 0.717) is 12.8 Å². The fourth-order valence-electron chi connectivity index (χ4n) is 1.50. The van der Waals surface area contributed by atoms with Crippen molar-refractivity contribution in [2.24, 2.45) is 5.92 Å². The first kappa shape index (κ1) is 15.5. The zero-order valence-electron chi connectivity index (χ0n) is 10.0. The van der Waals surface area contributed by atoms with Crippen LogP contribution in [-0.2, 0) is 0 Å². The van der Waals surface area contributed by atoms with E-state index in [1.54, 1.807) is 0 Å². The second-order valence-electron chi connectivity index (χ2n) is 4.21. The Morgan fingerprint density at radius 2 is 1.59 bits per heavy atom. The van der Waals surface area contributed by atoms with Gasteiger partial charge in [-0.05, 0) is 18.8 Å². The van der Waals surface area contributed by atoms with Gasteiger partial charge in [-0.3, -0.25) is 0 Å². The summed E-state index contributed by atoms with van der Waals surface area (Å²) >= 11 is 0. The molecule has 0 saturated carbocycles. The Morgan fingerprint density at radius 3 is 1.94 bits per heavy atom. The number of aliphatic hydroxyl groups is 1. The molecule has 0 aromatic heterocycles. The summed E-state index contributed by atoms with van der Waals surface area (Å²) in [5.41, 5.74) is 0. The molecule has 2 atom stereocenters. The fourth-order valence-corrected chi connectivity index (χ4v) is 1.50. The largest absolute Gasteiger partial charge is 0.465 e. The van der Waals surface area contributed by atoms with E-state index in [1.807, 2.05) is 13.8 Å². The molecule has 2 amide bonds. The molecule has 0 spiro atoms. The maximum atomic E-state index is 10.5. The minimum absolute atomic E-state index is 0.107. The number of amides is 2. The Balaban J connectivity index is 4.17. The highest BCUT2D eigenvalue weighted by Crippen LogP contribution is 2.10. The van der Waals surface area contributed by atoms with Crippen molar-refractivity contribution in [2.75, 3.05) is 6.61 Å². The maximum Gasteiger partial charge on any atom is 0.404 e. The van der Waals surface area contributed by atoms with Crippen molar-refractivity contribution in [1.29, 1.82) is 0 Å². The van der Waals surface area contributed by atoms with Gasteiger partial charge in [0.05, 0.1) is 12.6 Å². The molecule has 0 saturated heterocycles. The Kier molecular flexibility index (Phi) is 7.04. The number of hydrogen-bond donors (Lipinski definition) is 5. The van der Waals surface area contributed by atoms with Gasteiger partial charge >= 0.3 is 12.2 Å². The lowest BCUT2D eigenvalue weighted by atomic mass is 9.97. The molecule has 0 aliphatic carbocycles. The van der Waals surface area contributed by atoms with Crippen LogP contribution in [0, 0.1) is 5.92 Å². The summed E-state index contributed by atoms with van der Waals surface area (Å²) in [5, 5.41) is 30.6. The van der Waals surface area contributed by atoms with Crippen LogP contribution in [0.1, 0.15) is 26.7 Å². The van der Waals surface area contributed by atoms with Crippen LogP contribution in [0.4, 0.5) is 9.59 Å². The van der Waals surface area contributed by atoms with Gasteiger partial charge < -0.3 is 26.0 Å². The van der Waals surface area contributed by atoms with Crippen molar-refractivity contribution < 1.29 is 24.9 Å². The van der Waals surface area contributed by atoms with Crippen molar-refractivity contribution in [3.8, 4) is 0 Å². The predicted molar refractivity (Wildman–Crippen MR) is 61.1 cm³/mol. The predicted octanol–water partition coefficient (Wildman–Crippen LogP) is 0.687. The number of hydrogen-bond acceptors (Lipinski definition) is 3. The Bertz CT molecular complexity index is 257. The molecule has 0 radical (unpaired) electrons. The Hall–Kier alpha value is -1.50. The molecule has 7 heteroatoms. The van der Waals surface area contributed by atoms with E-state index in [9.17, 15) is 9.59 Å². The van der Waals surface area contributed by atoms with Gasteiger partial charge in [0.1, 0.15) is 0 Å². The van der Waals surface area contributed by atoms with Crippen LogP contribution in [0.5, 0.6) is 0 Å². The van der Waals surface area contributed by atoms with Crippen LogP contribution < -0.4 is 10.6 Å². The minimum atomic E-state index is -1.20. The molecule has 17 heavy (non-hydrogen) atoms. The summed E-state index contributed by atoms with van der Waals surface area (Å²) in [4.78, 5) is 20.9. The minimum Gasteiger partial charge on any atom is -0.465 e. The third-order valence-electron chi connectivity index (χ3n) is 2.49. The van der Waals surface area contributed by atoms with Crippen LogP contribution in [0.25, 0.3) is 0 Å². The SMILES string of the molecule is CC(C)C(CC[C@@H](CO)NC(=O)O)NC(=O)O. The van der Waals surface area contributed by atoms with Crippen LogP contribution >= 0.6 is 0 Å². The smallest absolute Gasteiger partial charge is 0.404 e. The lowest BCUT2D eigenvalue weighted by Gasteiger charge is -2.23. The number of carbonyl (C=O) groups is 2. The van der Waals surface area contributed by atoms with Crippen molar-refractivity contribution in [3.05, 3.63) is 0 Å². The first-order valence-electron chi connectivity index (χ1n) is 5.46. The standard InChI is InChI=1S/C10H20N2O5/c1-6(2)8(12-10(16)17)4-3-7(5-13)11-9(14)15/h6-8,11-13H,3-5H2,1-2H3,(H,14,15)(H,16,17)/t7-,8?/m0/s1. The highest BCUT2D eigenvalue weighted by Gasteiger charge is 2.18. The topological polar surface area (TPSA) is 119 Å². The molecule has 0 aromatic rings. The van der Waals surface area contributed by atoms with Crippen molar-refractivity contribution in [2.45, 2.75) is 38.8 Å². The maximum absolute atomic E-state index is 10.5. The van der Waals surface area contributed by atoms with E-state index >= 15 is 0 Å². The third kappa shape index (κ3) is 7.40. The number of aliphatic hydroxyl groups excluding tert-OH is 1. The summed E-state index contributed by atoms with van der Waals surface area (Å²) in [5.74, 6) is 0.107. The average Bonchev–Trinajstić information content (AvgIpc) is 2.20. The van der Waals surface area contributed by atoms with E-state index in [-0.39, 0.29) is 18.6 Å². The highest BCUT2D eigenvalue weighted by atomic mass is 16.4. The molecule has 5 N–H and O–H groups in total. The first-order valence-corrected chi connectivity index (χ1v) is 5.46. The molecule has 0 bridgehead atoms. The van der Waals surface area contributed by atoms with E-state index in [4.69, 9.17) is 15.3 Å². The first-order chi connectivity index (χ1) is 7.86. The number of nitrogens with one attached hydrogen (secondary N) is 2. The summed E-state index contributed by atoms with van der Waals surface area (Å²) in [7, 11) is 0. The summed E-state index contributed by atoms with van der Waals surface area (Å²) in [6.07, 6.45) is -1.45. The summed E-state index contributed by atoms with van der Waals surface area (Å²) in [6.45, 7) is 3.45. The number of rotatable bonds is 7. The highest BCUT2D eigenvalue weighted by molar-refractivity contribution is 5.65. The zero-order valence-corrected chi connectivity index (χ0v) is 10.0. The van der Waals surface area contributed by atoms with Crippen LogP contribution in [0.3, 0.4) is 0 Å². The van der Waals surface area contributed by atoms with E-state index in [2.05, 4.69) is 10.6 Å². The van der Waals surface area contributed by atoms with Crippen molar-refractivity contribution in [1.82, 2.24) is 10.6 Å². The molecule has 0 fully saturated rings. The van der Waals surface area contributed by atoms with Gasteiger partial charge in [0.2, 0.25) is 0 Å². The molecule has 0 rings (SSSR count). The lowest BCUT2D eigenvalue weighted by Crippen LogP contribution is -2.41. The van der Waals surface area contributed by atoms with Gasteiger partial charge in [-0.15, -0.1) is 0 Å². The van der Waals surface area contributed by atoms with Crippen molar-refractivity contribution >= 4 is 12.2 Å². The molecule has 7 nitrogen and oxygen atoms in total. The molecule has 0 aromatic carbocycles. The molecule has 0 aliphatic heterocycles. The van der Waals surface area contributed by atoms with Gasteiger partial charge in [-0.1, -0.05) is 13.8 Å². The van der Waals surface area contributed by atoms with E-state index in [1.165, 1.54) is 0 Å². The Labute approximate surface area is 99.8 Å². The second kappa shape index (κ2) is 7.72. The van der Waals surface area contributed by atoms with Gasteiger partial charge in [0.25, 0.3) is 0 Å². The quantitative estimate of drug-likeness (QED) is 0.454. The fraction of sp³-hybridized carbons (Fsp3) is 0.800. The normalized spacial score (nSPS) is 14.1. The average molecular weight is 248 g/mol. The number of carboxylic acid groups (broad SMARTS) is 2. The van der Waals surface area contributed by atoms with E-state index < -0.39 is 18.2 Å².